The maximum Gasteiger partial charge on any atom is 0.219 e. The molecule has 2 nitrogen and oxygen atoms in total. The Morgan fingerprint density at radius 1 is 1.20 bits per heavy atom. The smallest absolute Gasteiger partial charge is 0.219 e. The Balaban J connectivity index is 2.77. The van der Waals surface area contributed by atoms with E-state index in [1.165, 1.54) is 5.56 Å². The topological polar surface area (TPSA) is 20.3 Å². The lowest BCUT2D eigenvalue weighted by Crippen LogP contribution is -2.36. The molecule has 2 unspecified atom stereocenters. The van der Waals surface area contributed by atoms with Gasteiger partial charge in [0.1, 0.15) is 0 Å². The van der Waals surface area contributed by atoms with Gasteiger partial charge in [0.25, 0.3) is 0 Å². The summed E-state index contributed by atoms with van der Waals surface area (Å²) in [6.07, 6.45) is 0. The van der Waals surface area contributed by atoms with Gasteiger partial charge >= 0.3 is 0 Å². The number of amides is 1. The first-order valence-electron chi connectivity index (χ1n) is 5.32. The molecule has 0 aliphatic rings. The largest absolute Gasteiger partial charge is 0.343 e. The van der Waals surface area contributed by atoms with Crippen LogP contribution in [0.3, 0.4) is 0 Å². The van der Waals surface area contributed by atoms with Crippen molar-refractivity contribution in [1.82, 2.24) is 4.90 Å². The van der Waals surface area contributed by atoms with Crippen LogP contribution in [0.4, 0.5) is 0 Å². The summed E-state index contributed by atoms with van der Waals surface area (Å²) in [5, 5.41) is 0. The fourth-order valence-electron chi connectivity index (χ4n) is 1.66. The number of carbonyl (C=O) groups excluding carboxylic acids is 1. The predicted octanol–water partition coefficient (Wildman–Crippen LogP) is 2.66. The van der Waals surface area contributed by atoms with Gasteiger partial charge in [0.2, 0.25) is 5.91 Å². The SMILES string of the molecule is CC(=O)N(C)C(C)C(C)c1ccccc1. The number of hydrogen-bond donors (Lipinski definition) is 0. The molecule has 0 aromatic heterocycles. The molecule has 0 N–H and O–H groups in total. The predicted molar refractivity (Wildman–Crippen MR) is 62.8 cm³/mol. The van der Waals surface area contributed by atoms with Gasteiger partial charge in [-0.25, -0.2) is 0 Å². The second-order valence-electron chi connectivity index (χ2n) is 4.07. The summed E-state index contributed by atoms with van der Waals surface area (Å²) in [6.45, 7) is 5.84. The van der Waals surface area contributed by atoms with E-state index in [-0.39, 0.29) is 11.9 Å². The summed E-state index contributed by atoms with van der Waals surface area (Å²) in [7, 11) is 1.85. The Kier molecular flexibility index (Phi) is 3.89. The number of likely N-dealkylation sites (N-methyl/N-ethyl adjacent to an activating group) is 1. The van der Waals surface area contributed by atoms with Gasteiger partial charge < -0.3 is 4.90 Å². The monoisotopic (exact) mass is 205 g/mol. The highest BCUT2D eigenvalue weighted by molar-refractivity contribution is 5.73. The Bertz CT molecular complexity index is 321. The minimum Gasteiger partial charge on any atom is -0.343 e. The average Bonchev–Trinajstić information content (AvgIpc) is 2.27. The lowest BCUT2D eigenvalue weighted by molar-refractivity contribution is -0.129. The Labute approximate surface area is 91.9 Å². The van der Waals surface area contributed by atoms with Crippen LogP contribution >= 0.6 is 0 Å². The molecule has 0 radical (unpaired) electrons. The van der Waals surface area contributed by atoms with Gasteiger partial charge in [-0.15, -0.1) is 0 Å². The number of nitrogens with zero attached hydrogens (tertiary/aromatic N) is 1. The molecular weight excluding hydrogens is 186 g/mol. The molecule has 2 heteroatoms. The molecule has 82 valence electrons. The normalized spacial score (nSPS) is 14.4. The number of rotatable bonds is 3. The summed E-state index contributed by atoms with van der Waals surface area (Å²) in [5.41, 5.74) is 1.28. The zero-order chi connectivity index (χ0) is 11.4. The van der Waals surface area contributed by atoms with Crippen LogP contribution in [0.15, 0.2) is 30.3 Å². The van der Waals surface area contributed by atoms with Crippen LogP contribution < -0.4 is 0 Å². The van der Waals surface area contributed by atoms with Crippen molar-refractivity contribution in [2.75, 3.05) is 7.05 Å². The van der Waals surface area contributed by atoms with E-state index < -0.39 is 0 Å². The van der Waals surface area contributed by atoms with E-state index in [4.69, 9.17) is 0 Å². The number of benzene rings is 1. The summed E-state index contributed by atoms with van der Waals surface area (Å²) in [4.78, 5) is 13.0. The van der Waals surface area contributed by atoms with E-state index in [1.54, 1.807) is 11.8 Å². The zero-order valence-electron chi connectivity index (χ0n) is 9.90. The van der Waals surface area contributed by atoms with Crippen LogP contribution in [-0.2, 0) is 4.79 Å². The standard InChI is InChI=1S/C13H19NO/c1-10(11(2)14(4)12(3)15)13-8-6-5-7-9-13/h5-11H,1-4H3. The second kappa shape index (κ2) is 4.96. The summed E-state index contributed by atoms with van der Waals surface area (Å²) in [5.74, 6) is 0.477. The number of hydrogen-bond acceptors (Lipinski definition) is 1. The Morgan fingerprint density at radius 3 is 2.20 bits per heavy atom. The molecule has 0 spiro atoms. The van der Waals surface area contributed by atoms with Gasteiger partial charge in [-0.3, -0.25) is 4.79 Å². The molecule has 1 rings (SSSR count). The van der Waals surface area contributed by atoms with E-state index in [1.807, 2.05) is 25.2 Å². The lowest BCUT2D eigenvalue weighted by Gasteiger charge is -2.29. The molecule has 0 fully saturated rings. The van der Waals surface area contributed by atoms with E-state index in [0.717, 1.165) is 0 Å². The molecule has 0 heterocycles. The van der Waals surface area contributed by atoms with Crippen LogP contribution in [0, 0.1) is 0 Å². The Morgan fingerprint density at radius 2 is 1.73 bits per heavy atom. The number of carbonyl (C=O) groups is 1. The van der Waals surface area contributed by atoms with Crippen LogP contribution in [0.1, 0.15) is 32.3 Å². The molecule has 15 heavy (non-hydrogen) atoms. The molecule has 1 aromatic rings. The van der Waals surface area contributed by atoms with Crippen molar-refractivity contribution in [3.63, 3.8) is 0 Å². The molecule has 0 saturated heterocycles. The van der Waals surface area contributed by atoms with Crippen LogP contribution in [-0.4, -0.2) is 23.9 Å². The fraction of sp³-hybridized carbons (Fsp3) is 0.462. The molecule has 0 aliphatic heterocycles. The summed E-state index contributed by atoms with van der Waals surface area (Å²) in [6, 6.07) is 10.5. The van der Waals surface area contributed by atoms with E-state index in [9.17, 15) is 4.79 Å². The van der Waals surface area contributed by atoms with Crippen molar-refractivity contribution in [2.24, 2.45) is 0 Å². The zero-order valence-corrected chi connectivity index (χ0v) is 9.90. The highest BCUT2D eigenvalue weighted by Gasteiger charge is 2.19. The molecule has 0 bridgehead atoms. The van der Waals surface area contributed by atoms with Crippen molar-refractivity contribution in [2.45, 2.75) is 32.7 Å². The summed E-state index contributed by atoms with van der Waals surface area (Å²) < 4.78 is 0. The second-order valence-corrected chi connectivity index (χ2v) is 4.07. The van der Waals surface area contributed by atoms with Crippen LogP contribution in [0.5, 0.6) is 0 Å². The first kappa shape index (κ1) is 11.8. The first-order chi connectivity index (χ1) is 7.04. The van der Waals surface area contributed by atoms with Gasteiger partial charge in [0.05, 0.1) is 0 Å². The van der Waals surface area contributed by atoms with Crippen molar-refractivity contribution < 1.29 is 4.79 Å². The fourth-order valence-corrected chi connectivity index (χ4v) is 1.66. The molecule has 0 saturated carbocycles. The third kappa shape index (κ3) is 2.82. The van der Waals surface area contributed by atoms with Crippen LogP contribution in [0.25, 0.3) is 0 Å². The van der Waals surface area contributed by atoms with Gasteiger partial charge in [0.15, 0.2) is 0 Å². The maximum atomic E-state index is 11.2. The van der Waals surface area contributed by atoms with Crippen LogP contribution in [0.2, 0.25) is 0 Å². The quantitative estimate of drug-likeness (QED) is 0.743. The van der Waals surface area contributed by atoms with Crippen molar-refractivity contribution >= 4 is 5.91 Å². The molecule has 1 amide bonds. The molecule has 2 atom stereocenters. The third-order valence-corrected chi connectivity index (χ3v) is 3.16. The van der Waals surface area contributed by atoms with Gasteiger partial charge in [0, 0.05) is 25.9 Å². The molecular formula is C13H19NO. The highest BCUT2D eigenvalue weighted by Crippen LogP contribution is 2.21. The lowest BCUT2D eigenvalue weighted by atomic mass is 9.93. The minimum absolute atomic E-state index is 0.116. The highest BCUT2D eigenvalue weighted by atomic mass is 16.2. The maximum absolute atomic E-state index is 11.2. The van der Waals surface area contributed by atoms with Gasteiger partial charge in [-0.1, -0.05) is 37.3 Å². The molecule has 0 aliphatic carbocycles. The summed E-state index contributed by atoms with van der Waals surface area (Å²) >= 11 is 0. The van der Waals surface area contributed by atoms with E-state index in [2.05, 4.69) is 26.0 Å². The van der Waals surface area contributed by atoms with Gasteiger partial charge in [-0.2, -0.15) is 0 Å². The van der Waals surface area contributed by atoms with E-state index in [0.29, 0.717) is 5.92 Å². The van der Waals surface area contributed by atoms with Crippen molar-refractivity contribution in [3.05, 3.63) is 35.9 Å². The van der Waals surface area contributed by atoms with Gasteiger partial charge in [-0.05, 0) is 12.5 Å². The van der Waals surface area contributed by atoms with E-state index >= 15 is 0 Å². The average molecular weight is 205 g/mol. The third-order valence-electron chi connectivity index (χ3n) is 3.16. The first-order valence-corrected chi connectivity index (χ1v) is 5.32. The van der Waals surface area contributed by atoms with Crippen molar-refractivity contribution in [3.8, 4) is 0 Å². The molecule has 1 aromatic carbocycles. The van der Waals surface area contributed by atoms with Crippen molar-refractivity contribution in [1.29, 1.82) is 0 Å². The Hall–Kier alpha value is -1.31. The minimum atomic E-state index is 0.116.